The highest BCUT2D eigenvalue weighted by Crippen LogP contribution is 2.12. The lowest BCUT2D eigenvalue weighted by Crippen LogP contribution is -2.27. The monoisotopic (exact) mass is 222 g/mol. The molecule has 2 rings (SSSR count). The Morgan fingerprint density at radius 1 is 1.50 bits per heavy atom. The zero-order chi connectivity index (χ0) is 11.4. The molecule has 1 aliphatic rings. The first kappa shape index (κ1) is 11.6. The zero-order valence-corrected chi connectivity index (χ0v) is 10.3. The van der Waals surface area contributed by atoms with Gasteiger partial charge in [-0.05, 0) is 32.5 Å². The van der Waals surface area contributed by atoms with E-state index in [1.165, 1.54) is 19.5 Å². The van der Waals surface area contributed by atoms with E-state index in [2.05, 4.69) is 26.8 Å². The van der Waals surface area contributed by atoms with Gasteiger partial charge in [0.15, 0.2) is 0 Å². The molecule has 4 nitrogen and oxygen atoms in total. The van der Waals surface area contributed by atoms with Crippen molar-refractivity contribution in [1.29, 1.82) is 0 Å². The van der Waals surface area contributed by atoms with Crippen molar-refractivity contribution in [2.75, 3.05) is 33.2 Å². The molecule has 1 atom stereocenters. The third-order valence-electron chi connectivity index (χ3n) is 3.37. The van der Waals surface area contributed by atoms with Gasteiger partial charge < -0.3 is 14.8 Å². The van der Waals surface area contributed by atoms with Crippen LogP contribution in [0.15, 0.2) is 12.4 Å². The normalized spacial score (nSPS) is 21.8. The maximum absolute atomic E-state index is 4.31. The van der Waals surface area contributed by atoms with Crippen molar-refractivity contribution in [2.24, 2.45) is 13.0 Å². The molecule has 16 heavy (non-hydrogen) atoms. The first-order valence-electron chi connectivity index (χ1n) is 6.11. The van der Waals surface area contributed by atoms with Crippen LogP contribution in [0.5, 0.6) is 0 Å². The van der Waals surface area contributed by atoms with Gasteiger partial charge >= 0.3 is 0 Å². The first-order valence-corrected chi connectivity index (χ1v) is 6.11. The summed E-state index contributed by atoms with van der Waals surface area (Å²) in [7, 11) is 4.25. The van der Waals surface area contributed by atoms with E-state index in [0.717, 1.165) is 31.3 Å². The van der Waals surface area contributed by atoms with Gasteiger partial charge in [-0.15, -0.1) is 0 Å². The van der Waals surface area contributed by atoms with E-state index >= 15 is 0 Å². The summed E-state index contributed by atoms with van der Waals surface area (Å²) in [5.74, 6) is 2.00. The van der Waals surface area contributed by atoms with Gasteiger partial charge in [0.25, 0.3) is 0 Å². The third kappa shape index (κ3) is 3.06. The van der Waals surface area contributed by atoms with Gasteiger partial charge in [-0.25, -0.2) is 4.98 Å². The van der Waals surface area contributed by atoms with E-state index < -0.39 is 0 Å². The predicted molar refractivity (Wildman–Crippen MR) is 65.4 cm³/mol. The Bertz CT molecular complexity index is 321. The topological polar surface area (TPSA) is 33.1 Å². The van der Waals surface area contributed by atoms with Gasteiger partial charge in [0.05, 0.1) is 0 Å². The second-order valence-corrected chi connectivity index (χ2v) is 4.83. The predicted octanol–water partition coefficient (Wildman–Crippen LogP) is 0.504. The number of imidazole rings is 1. The molecule has 0 aliphatic carbocycles. The number of hydrogen-bond acceptors (Lipinski definition) is 3. The summed E-state index contributed by atoms with van der Waals surface area (Å²) < 4.78 is 2.09. The van der Waals surface area contributed by atoms with Crippen molar-refractivity contribution < 1.29 is 0 Å². The van der Waals surface area contributed by atoms with Crippen molar-refractivity contribution in [1.82, 2.24) is 19.8 Å². The molecule has 1 N–H and O–H groups in total. The van der Waals surface area contributed by atoms with Crippen LogP contribution < -0.4 is 5.32 Å². The number of aryl methyl sites for hydroxylation is 1. The standard InChI is InChI=1S/C12H22N4/c1-15-7-4-11(10-15)9-13-5-3-12-14-6-8-16(12)2/h6,8,11,13H,3-5,7,9-10H2,1-2H3. The lowest BCUT2D eigenvalue weighted by atomic mass is 10.1. The molecule has 1 aliphatic heterocycles. The Labute approximate surface area is 97.7 Å². The Hall–Kier alpha value is -0.870. The van der Waals surface area contributed by atoms with Crippen LogP contribution >= 0.6 is 0 Å². The fourth-order valence-corrected chi connectivity index (χ4v) is 2.34. The van der Waals surface area contributed by atoms with E-state index in [4.69, 9.17) is 0 Å². The van der Waals surface area contributed by atoms with E-state index in [-0.39, 0.29) is 0 Å². The molecule has 0 bridgehead atoms. The number of nitrogens with one attached hydrogen (secondary N) is 1. The Kier molecular flexibility index (Phi) is 3.96. The quantitative estimate of drug-likeness (QED) is 0.737. The molecule has 2 heterocycles. The molecule has 1 saturated heterocycles. The number of rotatable bonds is 5. The first-order chi connectivity index (χ1) is 7.75. The highest BCUT2D eigenvalue weighted by atomic mass is 15.1. The molecule has 0 radical (unpaired) electrons. The maximum Gasteiger partial charge on any atom is 0.109 e. The lowest BCUT2D eigenvalue weighted by molar-refractivity contribution is 0.388. The average Bonchev–Trinajstić information content (AvgIpc) is 2.83. The fourth-order valence-electron chi connectivity index (χ4n) is 2.34. The van der Waals surface area contributed by atoms with Gasteiger partial charge in [-0.1, -0.05) is 0 Å². The van der Waals surface area contributed by atoms with Crippen molar-refractivity contribution >= 4 is 0 Å². The average molecular weight is 222 g/mol. The SMILES string of the molecule is CN1CCC(CNCCc2nccn2C)C1. The number of hydrogen-bond donors (Lipinski definition) is 1. The van der Waals surface area contributed by atoms with Gasteiger partial charge in [0.1, 0.15) is 5.82 Å². The zero-order valence-electron chi connectivity index (χ0n) is 10.3. The van der Waals surface area contributed by atoms with Crippen LogP contribution in [0.1, 0.15) is 12.2 Å². The van der Waals surface area contributed by atoms with E-state index in [1.807, 2.05) is 19.4 Å². The van der Waals surface area contributed by atoms with Crippen LogP contribution in [0.4, 0.5) is 0 Å². The molecule has 90 valence electrons. The number of likely N-dealkylation sites (tertiary alicyclic amines) is 1. The number of nitrogens with zero attached hydrogens (tertiary/aromatic N) is 3. The molecule has 0 aromatic carbocycles. The highest BCUT2D eigenvalue weighted by molar-refractivity contribution is 4.91. The lowest BCUT2D eigenvalue weighted by Gasteiger charge is -2.11. The van der Waals surface area contributed by atoms with Crippen LogP contribution in [0.25, 0.3) is 0 Å². The summed E-state index contributed by atoms with van der Waals surface area (Å²) in [5.41, 5.74) is 0. The Morgan fingerprint density at radius 2 is 2.38 bits per heavy atom. The largest absolute Gasteiger partial charge is 0.338 e. The molecule has 4 heteroatoms. The molecule has 0 saturated carbocycles. The van der Waals surface area contributed by atoms with Crippen molar-refractivity contribution in [3.8, 4) is 0 Å². The minimum Gasteiger partial charge on any atom is -0.338 e. The summed E-state index contributed by atoms with van der Waals surface area (Å²) >= 11 is 0. The molecule has 1 fully saturated rings. The second kappa shape index (κ2) is 5.46. The minimum atomic E-state index is 0.839. The smallest absolute Gasteiger partial charge is 0.109 e. The molecule has 1 aromatic heterocycles. The molecule has 0 amide bonds. The van der Waals surface area contributed by atoms with Crippen molar-refractivity contribution in [3.63, 3.8) is 0 Å². The van der Waals surface area contributed by atoms with Gasteiger partial charge in [-0.2, -0.15) is 0 Å². The van der Waals surface area contributed by atoms with Crippen LogP contribution in [-0.4, -0.2) is 47.7 Å². The molecule has 0 spiro atoms. The summed E-state index contributed by atoms with van der Waals surface area (Å²) in [6.45, 7) is 4.68. The van der Waals surface area contributed by atoms with Gasteiger partial charge in [-0.3, -0.25) is 0 Å². The van der Waals surface area contributed by atoms with E-state index in [0.29, 0.717) is 0 Å². The summed E-state index contributed by atoms with van der Waals surface area (Å²) in [5, 5.41) is 3.53. The van der Waals surface area contributed by atoms with Crippen LogP contribution in [-0.2, 0) is 13.5 Å². The third-order valence-corrected chi connectivity index (χ3v) is 3.37. The van der Waals surface area contributed by atoms with E-state index in [1.54, 1.807) is 0 Å². The summed E-state index contributed by atoms with van der Waals surface area (Å²) in [6.07, 6.45) is 6.22. The van der Waals surface area contributed by atoms with Crippen LogP contribution in [0.2, 0.25) is 0 Å². The second-order valence-electron chi connectivity index (χ2n) is 4.83. The van der Waals surface area contributed by atoms with Crippen LogP contribution in [0.3, 0.4) is 0 Å². The molecular weight excluding hydrogens is 200 g/mol. The van der Waals surface area contributed by atoms with Crippen LogP contribution in [0, 0.1) is 5.92 Å². The minimum absolute atomic E-state index is 0.839. The maximum atomic E-state index is 4.31. The van der Waals surface area contributed by atoms with Gasteiger partial charge in [0.2, 0.25) is 0 Å². The van der Waals surface area contributed by atoms with Crippen molar-refractivity contribution in [3.05, 3.63) is 18.2 Å². The Balaban J connectivity index is 1.60. The summed E-state index contributed by atoms with van der Waals surface area (Å²) in [4.78, 5) is 6.72. The number of aromatic nitrogens is 2. The highest BCUT2D eigenvalue weighted by Gasteiger charge is 2.18. The fraction of sp³-hybridized carbons (Fsp3) is 0.750. The Morgan fingerprint density at radius 3 is 3.00 bits per heavy atom. The molecule has 1 unspecified atom stereocenters. The van der Waals surface area contributed by atoms with E-state index in [9.17, 15) is 0 Å². The molecule has 1 aromatic rings. The van der Waals surface area contributed by atoms with Crippen molar-refractivity contribution in [2.45, 2.75) is 12.8 Å². The molecular formula is C12H22N4. The van der Waals surface area contributed by atoms with Gasteiger partial charge in [0, 0.05) is 39.0 Å². The summed E-state index contributed by atoms with van der Waals surface area (Å²) in [6, 6.07) is 0.